The van der Waals surface area contributed by atoms with Gasteiger partial charge in [-0.2, -0.15) is 0 Å². The van der Waals surface area contributed by atoms with E-state index in [9.17, 15) is 14.4 Å². The first-order valence-electron chi connectivity index (χ1n) is 11.1. The van der Waals surface area contributed by atoms with Crippen LogP contribution in [-0.4, -0.2) is 31.1 Å². The van der Waals surface area contributed by atoms with E-state index in [-0.39, 0.29) is 44.0 Å². The van der Waals surface area contributed by atoms with Crippen LogP contribution in [-0.2, 0) is 16.1 Å². The van der Waals surface area contributed by atoms with Gasteiger partial charge >= 0.3 is 0 Å². The number of fused-ring (bicyclic) bond motifs is 1. The maximum absolute atomic E-state index is 13.0. The third-order valence-electron chi connectivity index (χ3n) is 5.95. The van der Waals surface area contributed by atoms with Gasteiger partial charge in [0.2, 0.25) is 18.6 Å². The normalized spacial score (nSPS) is 16.3. The molecule has 1 fully saturated rings. The molecule has 0 aromatic heterocycles. The number of nitrogens with one attached hydrogen (secondary N) is 2. The topological polar surface area (TPSA) is 97.0 Å². The maximum atomic E-state index is 13.0. The van der Waals surface area contributed by atoms with Crippen molar-refractivity contribution in [2.75, 3.05) is 23.6 Å². The molecule has 2 N–H and O–H groups in total. The molecule has 9 heteroatoms. The molecular weight excluding hydrogens is 514 g/mol. The first-order chi connectivity index (χ1) is 17.0. The zero-order chi connectivity index (χ0) is 24.4. The van der Waals surface area contributed by atoms with Gasteiger partial charge in [-0.05, 0) is 54.1 Å². The summed E-state index contributed by atoms with van der Waals surface area (Å²) in [6.07, 6.45) is 0.111. The van der Waals surface area contributed by atoms with Crippen molar-refractivity contribution in [3.63, 3.8) is 0 Å². The molecule has 2 aliphatic rings. The lowest BCUT2D eigenvalue weighted by molar-refractivity contribution is -0.122. The lowest BCUT2D eigenvalue weighted by Gasteiger charge is -2.17. The highest BCUT2D eigenvalue weighted by molar-refractivity contribution is 9.10. The van der Waals surface area contributed by atoms with Gasteiger partial charge in [-0.25, -0.2) is 0 Å². The lowest BCUT2D eigenvalue weighted by Crippen LogP contribution is -2.29. The average molecular weight is 536 g/mol. The van der Waals surface area contributed by atoms with Gasteiger partial charge in [0.05, 0.1) is 17.2 Å². The molecule has 178 valence electrons. The van der Waals surface area contributed by atoms with Gasteiger partial charge < -0.3 is 25.0 Å². The van der Waals surface area contributed by atoms with Crippen LogP contribution in [0, 0.1) is 5.92 Å². The van der Waals surface area contributed by atoms with Crippen molar-refractivity contribution in [1.82, 2.24) is 5.32 Å². The second-order valence-corrected chi connectivity index (χ2v) is 9.20. The summed E-state index contributed by atoms with van der Waals surface area (Å²) in [7, 11) is 0. The minimum atomic E-state index is -0.518. The molecule has 0 unspecified atom stereocenters. The van der Waals surface area contributed by atoms with Crippen molar-refractivity contribution in [2.24, 2.45) is 5.92 Å². The van der Waals surface area contributed by atoms with Crippen LogP contribution in [0.15, 0.2) is 71.2 Å². The van der Waals surface area contributed by atoms with Gasteiger partial charge in [0, 0.05) is 29.7 Å². The van der Waals surface area contributed by atoms with Crippen LogP contribution in [0.25, 0.3) is 0 Å². The Kier molecular flexibility index (Phi) is 6.41. The van der Waals surface area contributed by atoms with Crippen molar-refractivity contribution in [1.29, 1.82) is 0 Å². The fourth-order valence-corrected chi connectivity index (χ4v) is 4.37. The van der Waals surface area contributed by atoms with Gasteiger partial charge in [0.25, 0.3) is 5.91 Å². The van der Waals surface area contributed by atoms with E-state index in [0.29, 0.717) is 22.7 Å². The molecule has 0 spiro atoms. The number of benzene rings is 3. The standard InChI is InChI=1S/C26H22BrN3O5/c27-18-6-8-19(9-7-18)30-14-17(12-24(30)31)25(32)29-21-4-2-1-3-20(21)26(33)28-13-16-5-10-22-23(11-16)35-15-34-22/h1-11,17H,12-15H2,(H,28,33)(H,29,32)/t17-/m0/s1. The fourth-order valence-electron chi connectivity index (χ4n) is 4.11. The summed E-state index contributed by atoms with van der Waals surface area (Å²) in [5.41, 5.74) is 2.35. The van der Waals surface area contributed by atoms with E-state index in [2.05, 4.69) is 26.6 Å². The number of ether oxygens (including phenoxy) is 2. The van der Waals surface area contributed by atoms with E-state index in [1.165, 1.54) is 0 Å². The zero-order valence-electron chi connectivity index (χ0n) is 18.6. The number of halogens is 1. The van der Waals surface area contributed by atoms with E-state index in [4.69, 9.17) is 9.47 Å². The Morgan fingerprint density at radius 2 is 1.77 bits per heavy atom. The maximum Gasteiger partial charge on any atom is 0.253 e. The third-order valence-corrected chi connectivity index (χ3v) is 6.48. The summed E-state index contributed by atoms with van der Waals surface area (Å²) in [6, 6.07) is 19.7. The van der Waals surface area contributed by atoms with E-state index in [1.54, 1.807) is 35.2 Å². The average Bonchev–Trinajstić information content (AvgIpc) is 3.49. The molecule has 3 amide bonds. The largest absolute Gasteiger partial charge is 0.454 e. The van der Waals surface area contributed by atoms with E-state index >= 15 is 0 Å². The summed E-state index contributed by atoms with van der Waals surface area (Å²) >= 11 is 3.38. The Balaban J connectivity index is 1.23. The Bertz CT molecular complexity index is 1290. The van der Waals surface area contributed by atoms with Gasteiger partial charge in [0.15, 0.2) is 11.5 Å². The van der Waals surface area contributed by atoms with Crippen molar-refractivity contribution >= 4 is 45.0 Å². The van der Waals surface area contributed by atoms with Crippen molar-refractivity contribution in [3.8, 4) is 11.5 Å². The number of anilines is 2. The molecule has 1 atom stereocenters. The fraction of sp³-hybridized carbons (Fsp3) is 0.192. The monoisotopic (exact) mass is 535 g/mol. The van der Waals surface area contributed by atoms with Crippen LogP contribution in [0.1, 0.15) is 22.3 Å². The van der Waals surface area contributed by atoms with Gasteiger partial charge in [0.1, 0.15) is 0 Å². The molecular formula is C26H22BrN3O5. The Hall–Kier alpha value is -3.85. The van der Waals surface area contributed by atoms with Gasteiger partial charge in [-0.15, -0.1) is 0 Å². The highest BCUT2D eigenvalue weighted by Gasteiger charge is 2.35. The first kappa shape index (κ1) is 22.9. The minimum absolute atomic E-state index is 0.109. The summed E-state index contributed by atoms with van der Waals surface area (Å²) in [5.74, 6) is 0.0783. The second kappa shape index (κ2) is 9.79. The van der Waals surface area contributed by atoms with Crippen LogP contribution < -0.4 is 25.0 Å². The van der Waals surface area contributed by atoms with E-state index in [0.717, 1.165) is 15.7 Å². The highest BCUT2D eigenvalue weighted by Crippen LogP contribution is 2.32. The number of rotatable bonds is 6. The van der Waals surface area contributed by atoms with Gasteiger partial charge in [-0.3, -0.25) is 14.4 Å². The lowest BCUT2D eigenvalue weighted by atomic mass is 10.1. The second-order valence-electron chi connectivity index (χ2n) is 8.29. The molecule has 0 saturated carbocycles. The minimum Gasteiger partial charge on any atom is -0.454 e. The molecule has 5 rings (SSSR count). The Labute approximate surface area is 210 Å². The molecule has 3 aromatic carbocycles. The Morgan fingerprint density at radius 1 is 1.00 bits per heavy atom. The number of hydrogen-bond acceptors (Lipinski definition) is 5. The highest BCUT2D eigenvalue weighted by atomic mass is 79.9. The summed E-state index contributed by atoms with van der Waals surface area (Å²) in [5, 5.41) is 5.72. The van der Waals surface area contributed by atoms with Crippen LogP contribution in [0.4, 0.5) is 11.4 Å². The predicted octanol–water partition coefficient (Wildman–Crippen LogP) is 4.10. The first-order valence-corrected chi connectivity index (χ1v) is 11.9. The van der Waals surface area contributed by atoms with Crippen LogP contribution >= 0.6 is 15.9 Å². The summed E-state index contributed by atoms with van der Waals surface area (Å²) < 4.78 is 11.6. The van der Waals surface area contributed by atoms with E-state index in [1.807, 2.05) is 36.4 Å². The molecule has 8 nitrogen and oxygen atoms in total. The van der Waals surface area contributed by atoms with Crippen molar-refractivity contribution in [2.45, 2.75) is 13.0 Å². The molecule has 0 radical (unpaired) electrons. The summed E-state index contributed by atoms with van der Waals surface area (Å²) in [4.78, 5) is 40.1. The molecule has 1 saturated heterocycles. The zero-order valence-corrected chi connectivity index (χ0v) is 20.2. The molecule has 2 aliphatic heterocycles. The quantitative estimate of drug-likeness (QED) is 0.495. The number of para-hydroxylation sites is 1. The number of nitrogens with zero attached hydrogens (tertiary/aromatic N) is 1. The van der Waals surface area contributed by atoms with Crippen LogP contribution in [0.5, 0.6) is 11.5 Å². The van der Waals surface area contributed by atoms with Crippen LogP contribution in [0.3, 0.4) is 0 Å². The SMILES string of the molecule is O=C(NCc1ccc2c(c1)OCO2)c1ccccc1NC(=O)[C@H]1CC(=O)N(c2ccc(Br)cc2)C1. The van der Waals surface area contributed by atoms with E-state index < -0.39 is 5.92 Å². The molecule has 2 heterocycles. The van der Waals surface area contributed by atoms with Crippen molar-refractivity contribution in [3.05, 3.63) is 82.3 Å². The third kappa shape index (κ3) is 5.00. The van der Waals surface area contributed by atoms with Crippen LogP contribution in [0.2, 0.25) is 0 Å². The van der Waals surface area contributed by atoms with Gasteiger partial charge in [-0.1, -0.05) is 34.1 Å². The number of hydrogen-bond donors (Lipinski definition) is 2. The number of amides is 3. The summed E-state index contributed by atoms with van der Waals surface area (Å²) in [6.45, 7) is 0.757. The molecule has 3 aromatic rings. The smallest absolute Gasteiger partial charge is 0.253 e. The molecule has 0 aliphatic carbocycles. The Morgan fingerprint density at radius 3 is 2.60 bits per heavy atom. The van der Waals surface area contributed by atoms with Crippen molar-refractivity contribution < 1.29 is 23.9 Å². The molecule has 0 bridgehead atoms. The number of carbonyl (C=O) groups is 3. The number of carbonyl (C=O) groups excluding carboxylic acids is 3. The molecule has 35 heavy (non-hydrogen) atoms. The predicted molar refractivity (Wildman–Crippen MR) is 133 cm³/mol.